The van der Waals surface area contributed by atoms with Crippen LogP contribution in [0.15, 0.2) is 10.6 Å². The van der Waals surface area contributed by atoms with E-state index >= 15 is 0 Å². The van der Waals surface area contributed by atoms with Gasteiger partial charge in [0.1, 0.15) is 0 Å². The smallest absolute Gasteiger partial charge is 0.289 e. The standard InChI is InChI=1S/C12H21N3O2/c1-4-5-13-6-7-14-12(16)11-8-10(9(2)3)15-17-11/h8-9,13H,4-7H2,1-3H3,(H,14,16). The summed E-state index contributed by atoms with van der Waals surface area (Å²) in [4.78, 5) is 11.6. The minimum Gasteiger partial charge on any atom is -0.351 e. The third-order valence-electron chi connectivity index (χ3n) is 2.36. The average Bonchev–Trinajstić information content (AvgIpc) is 2.78. The van der Waals surface area contributed by atoms with Crippen LogP contribution in [-0.2, 0) is 0 Å². The number of amides is 1. The molecule has 1 rings (SSSR count). The molecule has 0 aliphatic rings. The summed E-state index contributed by atoms with van der Waals surface area (Å²) in [6, 6.07) is 1.69. The van der Waals surface area contributed by atoms with Gasteiger partial charge in [0.25, 0.3) is 5.91 Å². The molecule has 0 aliphatic carbocycles. The minimum atomic E-state index is -0.206. The Morgan fingerprint density at radius 2 is 2.18 bits per heavy atom. The molecule has 1 amide bonds. The van der Waals surface area contributed by atoms with Crippen LogP contribution >= 0.6 is 0 Å². The van der Waals surface area contributed by atoms with Gasteiger partial charge >= 0.3 is 0 Å². The molecule has 5 nitrogen and oxygen atoms in total. The molecule has 1 aromatic rings. The van der Waals surface area contributed by atoms with Crippen molar-refractivity contribution in [2.75, 3.05) is 19.6 Å². The summed E-state index contributed by atoms with van der Waals surface area (Å²) in [7, 11) is 0. The number of carbonyl (C=O) groups excluding carboxylic acids is 1. The van der Waals surface area contributed by atoms with Crippen molar-refractivity contribution in [1.82, 2.24) is 15.8 Å². The predicted molar refractivity (Wildman–Crippen MR) is 66.1 cm³/mol. The normalized spacial score (nSPS) is 10.8. The Kier molecular flexibility index (Phi) is 5.69. The number of hydrogen-bond acceptors (Lipinski definition) is 4. The monoisotopic (exact) mass is 239 g/mol. The summed E-state index contributed by atoms with van der Waals surface area (Å²) in [5, 5.41) is 9.82. The van der Waals surface area contributed by atoms with E-state index in [2.05, 4.69) is 22.7 Å². The molecule has 1 heterocycles. The first-order valence-corrected chi connectivity index (χ1v) is 6.10. The summed E-state index contributed by atoms with van der Waals surface area (Å²) < 4.78 is 4.98. The van der Waals surface area contributed by atoms with E-state index in [1.165, 1.54) is 0 Å². The number of aromatic nitrogens is 1. The summed E-state index contributed by atoms with van der Waals surface area (Å²) in [6.07, 6.45) is 1.09. The van der Waals surface area contributed by atoms with E-state index < -0.39 is 0 Å². The summed E-state index contributed by atoms with van der Waals surface area (Å²) in [5.74, 6) is 0.346. The van der Waals surface area contributed by atoms with Crippen molar-refractivity contribution < 1.29 is 9.32 Å². The molecule has 96 valence electrons. The van der Waals surface area contributed by atoms with Gasteiger partial charge in [-0.15, -0.1) is 0 Å². The van der Waals surface area contributed by atoms with Gasteiger partial charge in [0.15, 0.2) is 0 Å². The first kappa shape index (κ1) is 13.7. The molecule has 5 heteroatoms. The van der Waals surface area contributed by atoms with Crippen LogP contribution in [-0.4, -0.2) is 30.7 Å². The molecule has 0 fully saturated rings. The third-order valence-corrected chi connectivity index (χ3v) is 2.36. The van der Waals surface area contributed by atoms with Crippen LogP contribution in [0, 0.1) is 0 Å². The SMILES string of the molecule is CCCNCCNC(=O)c1cc(C(C)C)no1. The summed E-state index contributed by atoms with van der Waals surface area (Å²) in [6.45, 7) is 8.45. The van der Waals surface area contributed by atoms with Crippen LogP contribution < -0.4 is 10.6 Å². The Balaban J connectivity index is 2.31. The fourth-order valence-electron chi connectivity index (χ4n) is 1.32. The van der Waals surface area contributed by atoms with Gasteiger partial charge < -0.3 is 15.2 Å². The van der Waals surface area contributed by atoms with Crippen LogP contribution in [0.5, 0.6) is 0 Å². The maximum absolute atomic E-state index is 11.6. The molecular weight excluding hydrogens is 218 g/mol. The Labute approximate surface area is 102 Å². The predicted octanol–water partition coefficient (Wildman–Crippen LogP) is 1.53. The van der Waals surface area contributed by atoms with Gasteiger partial charge in [-0.05, 0) is 18.9 Å². The lowest BCUT2D eigenvalue weighted by Crippen LogP contribution is -2.31. The van der Waals surface area contributed by atoms with Gasteiger partial charge in [-0.3, -0.25) is 4.79 Å². The summed E-state index contributed by atoms with van der Waals surface area (Å²) >= 11 is 0. The molecule has 17 heavy (non-hydrogen) atoms. The van der Waals surface area contributed by atoms with Crippen molar-refractivity contribution in [1.29, 1.82) is 0 Å². The van der Waals surface area contributed by atoms with Crippen molar-refractivity contribution in [3.63, 3.8) is 0 Å². The highest BCUT2D eigenvalue weighted by atomic mass is 16.5. The first-order chi connectivity index (χ1) is 8.15. The Hall–Kier alpha value is -1.36. The number of nitrogens with one attached hydrogen (secondary N) is 2. The van der Waals surface area contributed by atoms with Gasteiger partial charge in [0.2, 0.25) is 5.76 Å². The molecular formula is C12H21N3O2. The van der Waals surface area contributed by atoms with Crippen molar-refractivity contribution in [3.8, 4) is 0 Å². The molecule has 0 radical (unpaired) electrons. The van der Waals surface area contributed by atoms with Crippen LogP contribution in [0.25, 0.3) is 0 Å². The van der Waals surface area contributed by atoms with Gasteiger partial charge in [-0.1, -0.05) is 25.9 Å². The number of hydrogen-bond donors (Lipinski definition) is 2. The second kappa shape index (κ2) is 7.06. The first-order valence-electron chi connectivity index (χ1n) is 6.10. The maximum atomic E-state index is 11.6. The van der Waals surface area contributed by atoms with E-state index in [4.69, 9.17) is 4.52 Å². The zero-order valence-electron chi connectivity index (χ0n) is 10.7. The second-order valence-electron chi connectivity index (χ2n) is 4.28. The van der Waals surface area contributed by atoms with Gasteiger partial charge in [0.05, 0.1) is 5.69 Å². The van der Waals surface area contributed by atoms with E-state index in [9.17, 15) is 4.79 Å². The van der Waals surface area contributed by atoms with E-state index in [-0.39, 0.29) is 17.6 Å². The van der Waals surface area contributed by atoms with E-state index in [0.717, 1.165) is 25.2 Å². The van der Waals surface area contributed by atoms with E-state index in [0.29, 0.717) is 6.54 Å². The van der Waals surface area contributed by atoms with Gasteiger partial charge in [-0.25, -0.2) is 0 Å². The number of carbonyl (C=O) groups is 1. The van der Waals surface area contributed by atoms with Crippen LogP contribution in [0.3, 0.4) is 0 Å². The molecule has 0 unspecified atom stereocenters. The molecule has 0 saturated heterocycles. The number of rotatable bonds is 7. The number of nitrogens with zero attached hydrogens (tertiary/aromatic N) is 1. The average molecular weight is 239 g/mol. The van der Waals surface area contributed by atoms with Crippen molar-refractivity contribution in [2.24, 2.45) is 0 Å². The highest BCUT2D eigenvalue weighted by Crippen LogP contribution is 2.13. The van der Waals surface area contributed by atoms with Crippen molar-refractivity contribution >= 4 is 5.91 Å². The third kappa shape index (κ3) is 4.56. The van der Waals surface area contributed by atoms with Crippen LogP contribution in [0.2, 0.25) is 0 Å². The molecule has 0 aromatic carbocycles. The minimum absolute atomic E-state index is 0.206. The Morgan fingerprint density at radius 3 is 2.76 bits per heavy atom. The molecule has 2 N–H and O–H groups in total. The second-order valence-corrected chi connectivity index (χ2v) is 4.28. The van der Waals surface area contributed by atoms with E-state index in [1.54, 1.807) is 6.07 Å². The van der Waals surface area contributed by atoms with E-state index in [1.807, 2.05) is 13.8 Å². The lowest BCUT2D eigenvalue weighted by molar-refractivity contribution is 0.0917. The van der Waals surface area contributed by atoms with Crippen LogP contribution in [0.4, 0.5) is 0 Å². The Morgan fingerprint density at radius 1 is 1.41 bits per heavy atom. The lowest BCUT2D eigenvalue weighted by Gasteiger charge is -2.03. The van der Waals surface area contributed by atoms with Gasteiger partial charge in [-0.2, -0.15) is 0 Å². The Bertz CT molecular complexity index is 347. The van der Waals surface area contributed by atoms with Gasteiger partial charge in [0, 0.05) is 19.2 Å². The molecule has 0 atom stereocenters. The van der Waals surface area contributed by atoms with Crippen LogP contribution in [0.1, 0.15) is 49.4 Å². The maximum Gasteiger partial charge on any atom is 0.289 e. The topological polar surface area (TPSA) is 67.2 Å². The highest BCUT2D eigenvalue weighted by Gasteiger charge is 2.13. The zero-order chi connectivity index (χ0) is 12.7. The highest BCUT2D eigenvalue weighted by molar-refractivity contribution is 5.91. The molecule has 0 aliphatic heterocycles. The summed E-state index contributed by atoms with van der Waals surface area (Å²) in [5.41, 5.74) is 0.805. The quantitative estimate of drug-likeness (QED) is 0.708. The molecule has 0 bridgehead atoms. The zero-order valence-corrected chi connectivity index (χ0v) is 10.7. The van der Waals surface area contributed by atoms with Crippen molar-refractivity contribution in [2.45, 2.75) is 33.1 Å². The molecule has 1 aromatic heterocycles. The largest absolute Gasteiger partial charge is 0.351 e. The molecule has 0 saturated carbocycles. The van der Waals surface area contributed by atoms with Crippen molar-refractivity contribution in [3.05, 3.63) is 17.5 Å². The lowest BCUT2D eigenvalue weighted by atomic mass is 10.1. The fraction of sp³-hybridized carbons (Fsp3) is 0.667. The molecule has 0 spiro atoms. The fourth-order valence-corrected chi connectivity index (χ4v) is 1.32.